The van der Waals surface area contributed by atoms with Crippen LogP contribution in [0.15, 0.2) is 24.3 Å². The van der Waals surface area contributed by atoms with Crippen LogP contribution in [0.3, 0.4) is 0 Å². The summed E-state index contributed by atoms with van der Waals surface area (Å²) in [5.74, 6) is -12.5. The van der Waals surface area contributed by atoms with Crippen LogP contribution in [0.1, 0.15) is 10.4 Å². The molecule has 0 bridgehead atoms. The van der Waals surface area contributed by atoms with E-state index in [1.54, 1.807) is 12.1 Å². The monoisotopic (exact) mass is 362 g/mol. The second-order valence-corrected chi connectivity index (χ2v) is 4.62. The number of rotatable bonds is 6. The van der Waals surface area contributed by atoms with Crippen molar-refractivity contribution < 1.29 is 41.0 Å². The third kappa shape index (κ3) is 3.98. The first kappa shape index (κ1) is 18.5. The van der Waals surface area contributed by atoms with E-state index in [-0.39, 0.29) is 5.56 Å². The molecule has 2 aromatic rings. The summed E-state index contributed by atoms with van der Waals surface area (Å²) in [5, 5.41) is 0. The molecule has 0 aliphatic carbocycles. The van der Waals surface area contributed by atoms with Gasteiger partial charge in [0.2, 0.25) is 29.1 Å². The second kappa shape index (κ2) is 7.82. The molecule has 0 aliphatic heterocycles. The van der Waals surface area contributed by atoms with Crippen LogP contribution >= 0.6 is 0 Å². The normalized spacial score (nSPS) is 10.5. The molecule has 0 radical (unpaired) electrons. The summed E-state index contributed by atoms with van der Waals surface area (Å²) in [4.78, 5) is 11.8. The molecule has 2 aromatic carbocycles. The van der Waals surface area contributed by atoms with Crippen LogP contribution in [-0.2, 0) is 4.74 Å². The van der Waals surface area contributed by atoms with Gasteiger partial charge in [0, 0.05) is 0 Å². The number of ether oxygens (including phenoxy) is 3. The quantitative estimate of drug-likeness (QED) is 0.259. The average Bonchev–Trinajstić information content (AvgIpc) is 2.64. The van der Waals surface area contributed by atoms with Crippen LogP contribution in [0.2, 0.25) is 0 Å². The fraction of sp³-hybridized carbons (Fsp3) is 0.188. The molecule has 0 fully saturated rings. The number of methoxy groups -OCH3 is 1. The van der Waals surface area contributed by atoms with E-state index in [0.29, 0.717) is 5.75 Å². The Morgan fingerprint density at radius 1 is 0.920 bits per heavy atom. The van der Waals surface area contributed by atoms with Gasteiger partial charge in [-0.1, -0.05) is 6.07 Å². The van der Waals surface area contributed by atoms with Gasteiger partial charge in [0.25, 0.3) is 0 Å². The van der Waals surface area contributed by atoms with Gasteiger partial charge in [-0.2, -0.15) is 8.78 Å². The molecule has 25 heavy (non-hydrogen) atoms. The topological polar surface area (TPSA) is 44.8 Å². The van der Waals surface area contributed by atoms with Gasteiger partial charge in [0.15, 0.2) is 5.75 Å². The van der Waals surface area contributed by atoms with Crippen molar-refractivity contribution in [1.82, 2.24) is 0 Å². The minimum absolute atomic E-state index is 0.149. The first-order chi connectivity index (χ1) is 11.9. The predicted octanol–water partition coefficient (Wildman–Crippen LogP) is 3.63. The zero-order chi connectivity index (χ0) is 18.6. The Labute approximate surface area is 138 Å². The van der Waals surface area contributed by atoms with E-state index in [1.807, 2.05) is 0 Å². The van der Waals surface area contributed by atoms with Crippen molar-refractivity contribution in [2.75, 3.05) is 20.3 Å². The molecular formula is C16H11F5O4. The summed E-state index contributed by atoms with van der Waals surface area (Å²) in [6, 6.07) is 5.98. The number of benzene rings is 2. The molecule has 0 atom stereocenters. The number of hydrogen-bond donors (Lipinski definition) is 0. The van der Waals surface area contributed by atoms with Gasteiger partial charge < -0.3 is 14.2 Å². The van der Waals surface area contributed by atoms with Crippen molar-refractivity contribution in [2.24, 2.45) is 0 Å². The minimum Gasteiger partial charge on any atom is -0.497 e. The molecule has 2 rings (SSSR count). The maximum absolute atomic E-state index is 13.4. The first-order valence-electron chi connectivity index (χ1n) is 6.82. The van der Waals surface area contributed by atoms with E-state index >= 15 is 0 Å². The van der Waals surface area contributed by atoms with Crippen LogP contribution < -0.4 is 9.47 Å². The van der Waals surface area contributed by atoms with E-state index in [0.717, 1.165) is 0 Å². The molecule has 0 heterocycles. The molecule has 9 heteroatoms. The Kier molecular flexibility index (Phi) is 5.79. The van der Waals surface area contributed by atoms with Gasteiger partial charge in [0.1, 0.15) is 19.0 Å². The van der Waals surface area contributed by atoms with Gasteiger partial charge >= 0.3 is 5.97 Å². The van der Waals surface area contributed by atoms with Crippen LogP contribution in [-0.4, -0.2) is 26.3 Å². The molecule has 4 nitrogen and oxygen atoms in total. The van der Waals surface area contributed by atoms with Gasteiger partial charge in [-0.15, -0.1) is 0 Å². The SMILES string of the molecule is COc1cccc(C(=O)OCCOc2c(F)c(F)c(F)c(F)c2F)c1. The third-order valence-corrected chi connectivity index (χ3v) is 3.04. The van der Waals surface area contributed by atoms with Crippen LogP contribution in [0.25, 0.3) is 0 Å². The number of carbonyl (C=O) groups is 1. The summed E-state index contributed by atoms with van der Waals surface area (Å²) >= 11 is 0. The summed E-state index contributed by atoms with van der Waals surface area (Å²) < 4.78 is 79.8. The predicted molar refractivity (Wildman–Crippen MR) is 75.0 cm³/mol. The lowest BCUT2D eigenvalue weighted by atomic mass is 10.2. The highest BCUT2D eigenvalue weighted by molar-refractivity contribution is 5.89. The van der Waals surface area contributed by atoms with Crippen molar-refractivity contribution in [2.45, 2.75) is 0 Å². The van der Waals surface area contributed by atoms with Crippen molar-refractivity contribution in [3.8, 4) is 11.5 Å². The highest BCUT2D eigenvalue weighted by Crippen LogP contribution is 2.29. The highest BCUT2D eigenvalue weighted by Gasteiger charge is 2.27. The van der Waals surface area contributed by atoms with E-state index in [2.05, 4.69) is 4.74 Å². The fourth-order valence-corrected chi connectivity index (χ4v) is 1.82. The van der Waals surface area contributed by atoms with Gasteiger partial charge in [0.05, 0.1) is 12.7 Å². The molecule has 0 saturated carbocycles. The third-order valence-electron chi connectivity index (χ3n) is 3.04. The Bertz CT molecular complexity index is 765. The van der Waals surface area contributed by atoms with Crippen LogP contribution in [0.5, 0.6) is 11.5 Å². The summed E-state index contributed by atoms with van der Waals surface area (Å²) in [5.41, 5.74) is 0.149. The maximum atomic E-state index is 13.4. The van der Waals surface area contributed by atoms with Gasteiger partial charge in [-0.3, -0.25) is 0 Å². The summed E-state index contributed by atoms with van der Waals surface area (Å²) in [7, 11) is 1.41. The van der Waals surface area contributed by atoms with Crippen LogP contribution in [0, 0.1) is 29.1 Å². The molecule has 0 spiro atoms. The molecule has 0 aromatic heterocycles. The standard InChI is InChI=1S/C16H11F5O4/c1-23-9-4-2-3-8(7-9)16(22)25-6-5-24-15-13(20)11(18)10(17)12(19)14(15)21/h2-4,7H,5-6H2,1H3. The molecule has 0 N–H and O–H groups in total. The Balaban J connectivity index is 1.97. The number of hydrogen-bond acceptors (Lipinski definition) is 4. The molecular weight excluding hydrogens is 351 g/mol. The lowest BCUT2D eigenvalue weighted by Crippen LogP contribution is -2.14. The zero-order valence-electron chi connectivity index (χ0n) is 12.7. The number of esters is 1. The molecule has 134 valence electrons. The van der Waals surface area contributed by atoms with E-state index < -0.39 is 54.0 Å². The fourth-order valence-electron chi connectivity index (χ4n) is 1.82. The van der Waals surface area contributed by atoms with Crippen molar-refractivity contribution >= 4 is 5.97 Å². The first-order valence-corrected chi connectivity index (χ1v) is 6.82. The van der Waals surface area contributed by atoms with E-state index in [9.17, 15) is 26.7 Å². The lowest BCUT2D eigenvalue weighted by molar-refractivity contribution is 0.0444. The average molecular weight is 362 g/mol. The van der Waals surface area contributed by atoms with Crippen molar-refractivity contribution in [1.29, 1.82) is 0 Å². The smallest absolute Gasteiger partial charge is 0.338 e. The van der Waals surface area contributed by atoms with Crippen molar-refractivity contribution in [3.63, 3.8) is 0 Å². The van der Waals surface area contributed by atoms with Crippen molar-refractivity contribution in [3.05, 3.63) is 58.9 Å². The van der Waals surface area contributed by atoms with Gasteiger partial charge in [-0.05, 0) is 18.2 Å². The zero-order valence-corrected chi connectivity index (χ0v) is 12.7. The Morgan fingerprint density at radius 3 is 2.12 bits per heavy atom. The Morgan fingerprint density at radius 2 is 1.52 bits per heavy atom. The summed E-state index contributed by atoms with van der Waals surface area (Å²) in [6.07, 6.45) is 0. The summed E-state index contributed by atoms with van der Waals surface area (Å²) in [6.45, 7) is -1.09. The van der Waals surface area contributed by atoms with Gasteiger partial charge in [-0.25, -0.2) is 18.0 Å². The number of carbonyl (C=O) groups excluding carboxylic acids is 1. The molecule has 0 unspecified atom stereocenters. The lowest BCUT2D eigenvalue weighted by Gasteiger charge is -2.10. The molecule has 0 aliphatic rings. The second-order valence-electron chi connectivity index (χ2n) is 4.62. The van der Waals surface area contributed by atoms with E-state index in [4.69, 9.17) is 9.47 Å². The van der Waals surface area contributed by atoms with Crippen LogP contribution in [0.4, 0.5) is 22.0 Å². The molecule has 0 saturated heterocycles. The minimum atomic E-state index is -2.29. The maximum Gasteiger partial charge on any atom is 0.338 e. The highest BCUT2D eigenvalue weighted by atomic mass is 19.2. The Hall–Kier alpha value is -2.84. The molecule has 0 amide bonds. The number of halogens is 5. The largest absolute Gasteiger partial charge is 0.497 e. The van der Waals surface area contributed by atoms with E-state index in [1.165, 1.54) is 19.2 Å².